The predicted octanol–water partition coefficient (Wildman–Crippen LogP) is 5.86. The number of fused-ring (bicyclic) bond motifs is 5. The summed E-state index contributed by atoms with van der Waals surface area (Å²) in [6.07, 6.45) is 4.05. The lowest BCUT2D eigenvalue weighted by Crippen LogP contribution is -2.51. The highest BCUT2D eigenvalue weighted by Crippen LogP contribution is 2.45. The number of pyridine rings is 1. The van der Waals surface area contributed by atoms with Crippen molar-refractivity contribution in [3.8, 4) is 22.1 Å². The van der Waals surface area contributed by atoms with Crippen LogP contribution in [0.4, 0.5) is 14.6 Å². The van der Waals surface area contributed by atoms with E-state index in [9.17, 15) is 9.50 Å². The smallest absolute Gasteiger partial charge is 0.216 e. The van der Waals surface area contributed by atoms with Crippen LogP contribution in [0, 0.1) is 5.82 Å². The number of aromatic nitrogens is 1. The van der Waals surface area contributed by atoms with Gasteiger partial charge in [0.05, 0.1) is 5.54 Å². The van der Waals surface area contributed by atoms with Gasteiger partial charge in [-0.2, -0.15) is 4.98 Å². The number of piperazine rings is 1. The summed E-state index contributed by atoms with van der Waals surface area (Å²) in [4.78, 5) is 10.6. The van der Waals surface area contributed by atoms with Crippen LogP contribution in [-0.4, -0.2) is 71.6 Å². The zero-order valence-corrected chi connectivity index (χ0v) is 23.0. The number of rotatable bonds is 5. The van der Waals surface area contributed by atoms with Gasteiger partial charge in [-0.1, -0.05) is 12.1 Å². The minimum atomic E-state index is -0.802. The number of phenolic OH excluding ortho intramolecular Hbond substituents is 1. The van der Waals surface area contributed by atoms with Crippen LogP contribution in [0.5, 0.6) is 11.6 Å². The van der Waals surface area contributed by atoms with E-state index in [0.717, 1.165) is 66.1 Å². The van der Waals surface area contributed by atoms with Crippen LogP contribution in [0.25, 0.3) is 31.3 Å². The molecule has 0 spiro atoms. The van der Waals surface area contributed by atoms with Gasteiger partial charge in [-0.15, -0.1) is 11.3 Å². The lowest BCUT2D eigenvalue weighted by atomic mass is 9.95. The fraction of sp³-hybridized carbons (Fsp3) is 0.452. The van der Waals surface area contributed by atoms with Crippen LogP contribution in [0.15, 0.2) is 42.5 Å². The Morgan fingerprint density at radius 3 is 2.83 bits per heavy atom. The molecule has 8 rings (SSSR count). The van der Waals surface area contributed by atoms with Gasteiger partial charge in [-0.25, -0.2) is 8.78 Å². The number of benzene rings is 2. The number of alkyl halides is 1. The summed E-state index contributed by atoms with van der Waals surface area (Å²) >= 11 is 1.56. The molecule has 0 radical (unpaired) electrons. The maximum atomic E-state index is 15.1. The average molecular weight is 563 g/mol. The third-order valence-electron chi connectivity index (χ3n) is 9.41. The average Bonchev–Trinajstić information content (AvgIpc) is 3.68. The molecule has 0 amide bonds. The molecule has 4 aliphatic heterocycles. The summed E-state index contributed by atoms with van der Waals surface area (Å²) in [7, 11) is 0. The minimum Gasteiger partial charge on any atom is -0.508 e. The van der Waals surface area contributed by atoms with Gasteiger partial charge in [0.15, 0.2) is 0 Å². The first-order valence-electron chi connectivity index (χ1n) is 14.3. The molecule has 2 aromatic heterocycles. The summed E-state index contributed by atoms with van der Waals surface area (Å²) in [5.74, 6) is 1.23. The second-order valence-corrected chi connectivity index (χ2v) is 13.1. The molecule has 9 heteroatoms. The zero-order valence-electron chi connectivity index (χ0n) is 22.2. The molecule has 4 fully saturated rings. The molecule has 2 unspecified atom stereocenters. The molecule has 2 bridgehead atoms. The van der Waals surface area contributed by atoms with E-state index >= 15 is 4.39 Å². The van der Waals surface area contributed by atoms with Crippen molar-refractivity contribution < 1.29 is 18.6 Å². The Morgan fingerprint density at radius 1 is 1.12 bits per heavy atom. The number of phenols is 1. The third kappa shape index (κ3) is 4.04. The number of hydrogen-bond donors (Lipinski definition) is 2. The molecule has 2 aromatic carbocycles. The number of thiophene rings is 1. The van der Waals surface area contributed by atoms with Crippen molar-refractivity contribution in [2.45, 2.75) is 55.9 Å². The highest BCUT2D eigenvalue weighted by Gasteiger charge is 2.49. The fourth-order valence-electron chi connectivity index (χ4n) is 7.63. The van der Waals surface area contributed by atoms with Gasteiger partial charge >= 0.3 is 0 Å². The van der Waals surface area contributed by atoms with Crippen LogP contribution in [-0.2, 0) is 0 Å². The van der Waals surface area contributed by atoms with E-state index in [-0.39, 0.29) is 17.1 Å². The highest BCUT2D eigenvalue weighted by molar-refractivity contribution is 7.22. The van der Waals surface area contributed by atoms with Crippen molar-refractivity contribution in [2.24, 2.45) is 0 Å². The second kappa shape index (κ2) is 9.26. The Hall–Kier alpha value is -3.01. The van der Waals surface area contributed by atoms with Crippen LogP contribution in [0.2, 0.25) is 0 Å². The van der Waals surface area contributed by atoms with Gasteiger partial charge in [-0.05, 0) is 61.9 Å². The molecule has 4 aliphatic rings. The van der Waals surface area contributed by atoms with Gasteiger partial charge in [0.25, 0.3) is 0 Å². The Bertz CT molecular complexity index is 1620. The Labute approximate surface area is 235 Å². The first-order valence-corrected chi connectivity index (χ1v) is 15.1. The molecule has 40 heavy (non-hydrogen) atoms. The molecule has 208 valence electrons. The van der Waals surface area contributed by atoms with E-state index in [2.05, 4.69) is 21.2 Å². The fourth-order valence-corrected chi connectivity index (χ4v) is 8.74. The minimum absolute atomic E-state index is 0.106. The quantitative estimate of drug-likeness (QED) is 0.318. The lowest BCUT2D eigenvalue weighted by molar-refractivity contribution is 0.111. The van der Waals surface area contributed by atoms with Gasteiger partial charge in [-0.3, -0.25) is 4.90 Å². The maximum Gasteiger partial charge on any atom is 0.216 e. The number of ether oxygens (including phenoxy) is 1. The first kappa shape index (κ1) is 24.8. The number of halogens is 2. The van der Waals surface area contributed by atoms with Crippen LogP contribution >= 0.6 is 11.3 Å². The van der Waals surface area contributed by atoms with Crippen LogP contribution in [0.3, 0.4) is 0 Å². The summed E-state index contributed by atoms with van der Waals surface area (Å²) < 4.78 is 36.9. The molecular formula is C31H32F2N4O2S. The first-order chi connectivity index (χ1) is 19.4. The van der Waals surface area contributed by atoms with Crippen molar-refractivity contribution in [1.82, 2.24) is 15.2 Å². The SMILES string of the molecule is Oc1cc(-c2cc3c(N4CC5CCC(C4)N5)nc(OC[C@@]45CCCN4C[C@H](F)C5)cc3s2)c2c(F)cccc2c1. The van der Waals surface area contributed by atoms with Crippen molar-refractivity contribution in [3.05, 3.63) is 48.3 Å². The van der Waals surface area contributed by atoms with E-state index in [0.29, 0.717) is 53.9 Å². The summed E-state index contributed by atoms with van der Waals surface area (Å²) in [5, 5.41) is 16.3. The van der Waals surface area contributed by atoms with Gasteiger partial charge in [0.2, 0.25) is 5.88 Å². The van der Waals surface area contributed by atoms with Gasteiger partial charge < -0.3 is 20.1 Å². The van der Waals surface area contributed by atoms with Crippen LogP contribution < -0.4 is 15.0 Å². The van der Waals surface area contributed by atoms with Crippen molar-refractivity contribution in [1.29, 1.82) is 0 Å². The summed E-state index contributed by atoms with van der Waals surface area (Å²) in [6.45, 7) is 3.59. The van der Waals surface area contributed by atoms with Crippen molar-refractivity contribution in [3.63, 3.8) is 0 Å². The monoisotopic (exact) mass is 562 g/mol. The molecule has 6 heterocycles. The lowest BCUT2D eigenvalue weighted by Gasteiger charge is -2.34. The van der Waals surface area contributed by atoms with E-state index in [1.807, 2.05) is 12.1 Å². The topological polar surface area (TPSA) is 60.9 Å². The number of hydrogen-bond acceptors (Lipinski definition) is 7. The highest BCUT2D eigenvalue weighted by atomic mass is 32.1. The number of nitrogens with zero attached hydrogens (tertiary/aromatic N) is 3. The Balaban J connectivity index is 1.22. The predicted molar refractivity (Wildman–Crippen MR) is 155 cm³/mol. The van der Waals surface area contributed by atoms with Gasteiger partial charge in [0.1, 0.15) is 30.2 Å². The molecule has 4 saturated heterocycles. The van der Waals surface area contributed by atoms with Crippen molar-refractivity contribution >= 4 is 38.0 Å². The summed E-state index contributed by atoms with van der Waals surface area (Å²) in [5.41, 5.74) is 0.423. The van der Waals surface area contributed by atoms with Gasteiger partial charge in [0, 0.05) is 70.1 Å². The summed E-state index contributed by atoms with van der Waals surface area (Å²) in [6, 6.07) is 13.1. The van der Waals surface area contributed by atoms with E-state index in [1.165, 1.54) is 6.07 Å². The van der Waals surface area contributed by atoms with E-state index in [4.69, 9.17) is 9.72 Å². The van der Waals surface area contributed by atoms with Crippen molar-refractivity contribution in [2.75, 3.05) is 37.7 Å². The normalized spacial score (nSPS) is 28.1. The molecule has 0 aliphatic carbocycles. The number of anilines is 1. The molecule has 6 nitrogen and oxygen atoms in total. The molecular weight excluding hydrogens is 530 g/mol. The Kier molecular flexibility index (Phi) is 5.73. The molecule has 2 N–H and O–H groups in total. The number of nitrogens with one attached hydrogen (secondary N) is 1. The largest absolute Gasteiger partial charge is 0.508 e. The second-order valence-electron chi connectivity index (χ2n) is 12.0. The molecule has 0 saturated carbocycles. The van der Waals surface area contributed by atoms with Crippen LogP contribution in [0.1, 0.15) is 32.1 Å². The van der Waals surface area contributed by atoms with E-state index in [1.54, 1.807) is 29.5 Å². The standard InChI is InChI=1S/C31H32F2N4O2S/c32-19-13-31(7-2-8-37(31)14-19)17-39-28-12-27-24(30(35-28)36-15-20-5-6-21(16-36)34-20)11-26(40-27)23-10-22(38)9-18-3-1-4-25(33)29(18)23/h1,3-4,9-12,19-21,34,38H,2,5-8,13-17H2/t19-,20?,21?,31+/m1/s1. The maximum absolute atomic E-state index is 15.1. The number of aromatic hydroxyl groups is 1. The Morgan fingerprint density at radius 2 is 1.98 bits per heavy atom. The zero-order chi connectivity index (χ0) is 27.0. The van der Waals surface area contributed by atoms with E-state index < -0.39 is 6.17 Å². The molecule has 4 atom stereocenters. The third-order valence-corrected chi connectivity index (χ3v) is 10.5. The molecule has 4 aromatic rings.